The fourth-order valence-corrected chi connectivity index (χ4v) is 2.81. The Morgan fingerprint density at radius 2 is 1.38 bits per heavy atom. The molecule has 2 unspecified atom stereocenters. The highest BCUT2D eigenvalue weighted by Crippen LogP contribution is 2.31. The number of pyridine rings is 1. The lowest BCUT2D eigenvalue weighted by Gasteiger charge is -2.21. The van der Waals surface area contributed by atoms with Crippen LogP contribution in [0, 0.1) is 0 Å². The van der Waals surface area contributed by atoms with E-state index in [0.717, 1.165) is 19.3 Å². The summed E-state index contributed by atoms with van der Waals surface area (Å²) in [7, 11) is 0. The highest BCUT2D eigenvalue weighted by Gasteiger charge is 2.17. The van der Waals surface area contributed by atoms with Crippen molar-refractivity contribution in [3.05, 3.63) is 65.0 Å². The van der Waals surface area contributed by atoms with Crippen LogP contribution in [0.25, 0.3) is 0 Å². The van der Waals surface area contributed by atoms with E-state index in [2.05, 4.69) is 75.4 Å². The molecular formula is C20H27N. The van der Waals surface area contributed by atoms with Crippen molar-refractivity contribution >= 4 is 0 Å². The monoisotopic (exact) mass is 281 g/mol. The van der Waals surface area contributed by atoms with Gasteiger partial charge in [0.1, 0.15) is 0 Å². The molecule has 0 saturated carbocycles. The molecule has 0 saturated heterocycles. The van der Waals surface area contributed by atoms with Gasteiger partial charge in [0.2, 0.25) is 0 Å². The topological polar surface area (TPSA) is 12.9 Å². The van der Waals surface area contributed by atoms with Crippen molar-refractivity contribution in [2.24, 2.45) is 0 Å². The number of rotatable bonds is 6. The van der Waals surface area contributed by atoms with E-state index >= 15 is 0 Å². The van der Waals surface area contributed by atoms with E-state index in [9.17, 15) is 0 Å². The maximum Gasteiger partial charge on any atom is 0.0305 e. The molecule has 0 spiro atoms. The van der Waals surface area contributed by atoms with Crippen molar-refractivity contribution in [2.45, 2.75) is 58.8 Å². The Morgan fingerprint density at radius 3 is 1.86 bits per heavy atom. The molecule has 0 aliphatic rings. The summed E-state index contributed by atoms with van der Waals surface area (Å²) in [5.41, 5.74) is 5.75. The third kappa shape index (κ3) is 3.72. The van der Waals surface area contributed by atoms with E-state index in [1.165, 1.54) is 22.3 Å². The van der Waals surface area contributed by atoms with Gasteiger partial charge in [0, 0.05) is 12.4 Å². The van der Waals surface area contributed by atoms with Crippen molar-refractivity contribution in [1.29, 1.82) is 0 Å². The van der Waals surface area contributed by atoms with Crippen molar-refractivity contribution in [1.82, 2.24) is 4.98 Å². The van der Waals surface area contributed by atoms with E-state index in [4.69, 9.17) is 0 Å². The second kappa shape index (κ2) is 7.40. The summed E-state index contributed by atoms with van der Waals surface area (Å²) in [6.45, 7) is 9.14. The average molecular weight is 281 g/mol. The zero-order valence-electron chi connectivity index (χ0n) is 13.8. The molecule has 1 heteroatoms. The Hall–Kier alpha value is -1.63. The molecule has 1 aromatic heterocycles. The Labute approximate surface area is 129 Å². The number of hydrogen-bond acceptors (Lipinski definition) is 1. The van der Waals surface area contributed by atoms with E-state index < -0.39 is 0 Å². The maximum absolute atomic E-state index is 4.52. The first-order valence-electron chi connectivity index (χ1n) is 8.17. The van der Waals surface area contributed by atoms with Gasteiger partial charge in [0.05, 0.1) is 0 Å². The van der Waals surface area contributed by atoms with Crippen LogP contribution in [-0.4, -0.2) is 4.98 Å². The lowest BCUT2D eigenvalue weighted by atomic mass is 9.85. The Bertz CT molecular complexity index is 531. The van der Waals surface area contributed by atoms with Gasteiger partial charge < -0.3 is 0 Å². The van der Waals surface area contributed by atoms with Gasteiger partial charge in [0.25, 0.3) is 0 Å². The molecule has 0 N–H and O–H groups in total. The molecule has 0 fully saturated rings. The zero-order valence-corrected chi connectivity index (χ0v) is 13.8. The number of nitrogens with zero attached hydrogens (tertiary/aromatic N) is 1. The molecule has 2 rings (SSSR count). The number of aromatic nitrogens is 1. The Morgan fingerprint density at radius 1 is 0.857 bits per heavy atom. The summed E-state index contributed by atoms with van der Waals surface area (Å²) in [5.74, 6) is 1.14. The summed E-state index contributed by atoms with van der Waals surface area (Å²) < 4.78 is 0. The third-order valence-electron chi connectivity index (χ3n) is 4.63. The zero-order chi connectivity index (χ0) is 15.2. The highest BCUT2D eigenvalue weighted by atomic mass is 14.6. The van der Waals surface area contributed by atoms with Crippen LogP contribution in [-0.2, 0) is 6.42 Å². The molecule has 1 heterocycles. The Balaban J connectivity index is 2.47. The van der Waals surface area contributed by atoms with Gasteiger partial charge >= 0.3 is 0 Å². The molecular weight excluding hydrogens is 254 g/mol. The van der Waals surface area contributed by atoms with E-state index in [1.54, 1.807) is 0 Å². The predicted octanol–water partition coefficient (Wildman–Crippen LogP) is 5.70. The SMILES string of the molecule is CCC(C)c1cncc(C(C)CC)c1Cc1ccccc1. The summed E-state index contributed by atoms with van der Waals surface area (Å²) in [5, 5.41) is 0. The highest BCUT2D eigenvalue weighted by molar-refractivity contribution is 5.40. The quantitative estimate of drug-likeness (QED) is 0.662. The molecule has 0 aliphatic carbocycles. The number of hydrogen-bond donors (Lipinski definition) is 0. The van der Waals surface area contributed by atoms with E-state index in [1.807, 2.05) is 0 Å². The minimum Gasteiger partial charge on any atom is -0.264 e. The molecule has 0 bridgehead atoms. The molecule has 1 aromatic carbocycles. The molecule has 112 valence electrons. The van der Waals surface area contributed by atoms with Gasteiger partial charge in [-0.25, -0.2) is 0 Å². The molecule has 0 aliphatic heterocycles. The first kappa shape index (κ1) is 15.8. The lowest BCUT2D eigenvalue weighted by molar-refractivity contribution is 0.689. The van der Waals surface area contributed by atoms with Gasteiger partial charge in [-0.1, -0.05) is 58.0 Å². The Kier molecular flexibility index (Phi) is 5.55. The maximum atomic E-state index is 4.52. The average Bonchev–Trinajstić information content (AvgIpc) is 2.54. The van der Waals surface area contributed by atoms with Gasteiger partial charge in [-0.05, 0) is 53.4 Å². The minimum atomic E-state index is 0.570. The molecule has 1 nitrogen and oxygen atoms in total. The van der Waals surface area contributed by atoms with Crippen molar-refractivity contribution in [2.75, 3.05) is 0 Å². The van der Waals surface area contributed by atoms with E-state index in [-0.39, 0.29) is 0 Å². The van der Waals surface area contributed by atoms with Gasteiger partial charge in [0.15, 0.2) is 0 Å². The number of benzene rings is 1. The second-order valence-electron chi connectivity index (χ2n) is 6.08. The molecule has 21 heavy (non-hydrogen) atoms. The standard InChI is InChI=1S/C20H27N/c1-5-15(3)19-13-21-14-20(16(4)6-2)18(19)12-17-10-8-7-9-11-17/h7-11,13-16H,5-6,12H2,1-4H3. The minimum absolute atomic E-state index is 0.570. The summed E-state index contributed by atoms with van der Waals surface area (Å²) >= 11 is 0. The van der Waals surface area contributed by atoms with Crippen LogP contribution < -0.4 is 0 Å². The lowest BCUT2D eigenvalue weighted by Crippen LogP contribution is -2.07. The van der Waals surface area contributed by atoms with E-state index in [0.29, 0.717) is 11.8 Å². The summed E-state index contributed by atoms with van der Waals surface area (Å²) in [4.78, 5) is 4.52. The van der Waals surface area contributed by atoms with Gasteiger partial charge in [-0.15, -0.1) is 0 Å². The molecule has 0 amide bonds. The van der Waals surface area contributed by atoms with Crippen LogP contribution in [0.4, 0.5) is 0 Å². The van der Waals surface area contributed by atoms with Crippen molar-refractivity contribution < 1.29 is 0 Å². The first-order valence-corrected chi connectivity index (χ1v) is 8.17. The van der Waals surface area contributed by atoms with Crippen molar-refractivity contribution in [3.63, 3.8) is 0 Å². The largest absolute Gasteiger partial charge is 0.264 e. The third-order valence-corrected chi connectivity index (χ3v) is 4.63. The fourth-order valence-electron chi connectivity index (χ4n) is 2.81. The van der Waals surface area contributed by atoms with Crippen LogP contribution in [0.3, 0.4) is 0 Å². The normalized spacial score (nSPS) is 13.9. The summed E-state index contributed by atoms with van der Waals surface area (Å²) in [6, 6.07) is 10.8. The first-order chi connectivity index (χ1) is 10.2. The smallest absolute Gasteiger partial charge is 0.0305 e. The van der Waals surface area contributed by atoms with Crippen LogP contribution in [0.2, 0.25) is 0 Å². The van der Waals surface area contributed by atoms with Crippen LogP contribution in [0.1, 0.15) is 74.6 Å². The van der Waals surface area contributed by atoms with Crippen LogP contribution >= 0.6 is 0 Å². The van der Waals surface area contributed by atoms with Crippen LogP contribution in [0.15, 0.2) is 42.7 Å². The molecule has 2 aromatic rings. The van der Waals surface area contributed by atoms with Gasteiger partial charge in [-0.2, -0.15) is 0 Å². The summed E-state index contributed by atoms with van der Waals surface area (Å²) in [6.07, 6.45) is 7.50. The molecule has 2 atom stereocenters. The fraction of sp³-hybridized carbons (Fsp3) is 0.450. The van der Waals surface area contributed by atoms with Gasteiger partial charge in [-0.3, -0.25) is 4.98 Å². The molecule has 0 radical (unpaired) electrons. The second-order valence-corrected chi connectivity index (χ2v) is 6.08. The van der Waals surface area contributed by atoms with Crippen LogP contribution in [0.5, 0.6) is 0 Å². The predicted molar refractivity (Wildman–Crippen MR) is 90.9 cm³/mol. The van der Waals surface area contributed by atoms with Crippen molar-refractivity contribution in [3.8, 4) is 0 Å².